The van der Waals surface area contributed by atoms with Crippen molar-refractivity contribution in [2.45, 2.75) is 162 Å². The lowest BCUT2D eigenvalue weighted by Gasteiger charge is -2.28. The Hall–Kier alpha value is -3.18. The van der Waals surface area contributed by atoms with Crippen molar-refractivity contribution in [3.8, 4) is 0 Å². The highest BCUT2D eigenvalue weighted by atomic mass is 35.5. The SMILES string of the molecule is CCCCCCCCCCCCNC(=O)C1=NN(c2cc(Cl)ccc2Cl)C(=O)C1C(CCC)C1C(=O)N(c2cc(Cl)ccc2Cl)N=C1C(=O)NCCCCCCCCCCCC. The monoisotopic (exact) mass is 932 g/mol. The Morgan fingerprint density at radius 3 is 1.21 bits per heavy atom. The number of anilines is 2. The zero-order valence-electron chi connectivity index (χ0n) is 37.1. The van der Waals surface area contributed by atoms with Crippen molar-refractivity contribution in [3.05, 3.63) is 56.5 Å². The molecular formula is C48H68Cl4N6O4. The van der Waals surface area contributed by atoms with Crippen LogP contribution < -0.4 is 20.7 Å². The van der Waals surface area contributed by atoms with Gasteiger partial charge in [-0.15, -0.1) is 0 Å². The number of rotatable bonds is 30. The van der Waals surface area contributed by atoms with Gasteiger partial charge in [0.2, 0.25) is 0 Å². The molecule has 62 heavy (non-hydrogen) atoms. The van der Waals surface area contributed by atoms with E-state index in [1.165, 1.54) is 89.2 Å². The van der Waals surface area contributed by atoms with E-state index in [1.54, 1.807) is 24.3 Å². The van der Waals surface area contributed by atoms with Gasteiger partial charge in [0.25, 0.3) is 23.6 Å². The molecule has 2 heterocycles. The number of hydrogen-bond acceptors (Lipinski definition) is 6. The average molecular weight is 935 g/mol. The van der Waals surface area contributed by atoms with E-state index in [0.717, 1.165) is 61.4 Å². The second-order valence-corrected chi connectivity index (χ2v) is 18.4. The normalized spacial score (nSPS) is 16.8. The van der Waals surface area contributed by atoms with Crippen molar-refractivity contribution in [3.63, 3.8) is 0 Å². The molecule has 4 rings (SSSR count). The number of unbranched alkanes of at least 4 members (excludes halogenated alkanes) is 18. The molecule has 0 aromatic heterocycles. The number of hydrazone groups is 2. The minimum atomic E-state index is -1.22. The van der Waals surface area contributed by atoms with Crippen molar-refractivity contribution in [1.82, 2.24) is 10.6 Å². The largest absolute Gasteiger partial charge is 0.351 e. The van der Waals surface area contributed by atoms with Gasteiger partial charge in [0.05, 0.1) is 33.3 Å². The van der Waals surface area contributed by atoms with Crippen molar-refractivity contribution in [2.75, 3.05) is 23.1 Å². The molecule has 0 saturated heterocycles. The summed E-state index contributed by atoms with van der Waals surface area (Å²) in [6, 6.07) is 9.33. The molecule has 2 aliphatic heterocycles. The molecule has 4 amide bonds. The average Bonchev–Trinajstić information content (AvgIpc) is 3.78. The van der Waals surface area contributed by atoms with Crippen LogP contribution in [0.5, 0.6) is 0 Å². The van der Waals surface area contributed by atoms with Gasteiger partial charge in [-0.25, -0.2) is 0 Å². The third-order valence-electron chi connectivity index (χ3n) is 11.8. The van der Waals surface area contributed by atoms with Crippen molar-refractivity contribution >= 4 is 92.8 Å². The van der Waals surface area contributed by atoms with Crippen LogP contribution in [0, 0.1) is 17.8 Å². The predicted molar refractivity (Wildman–Crippen MR) is 258 cm³/mol. The Bertz CT molecular complexity index is 1710. The van der Waals surface area contributed by atoms with Gasteiger partial charge < -0.3 is 10.6 Å². The summed E-state index contributed by atoms with van der Waals surface area (Å²) in [6.45, 7) is 7.15. The van der Waals surface area contributed by atoms with Crippen molar-refractivity contribution in [1.29, 1.82) is 0 Å². The molecule has 2 N–H and O–H groups in total. The van der Waals surface area contributed by atoms with Crippen LogP contribution in [0.15, 0.2) is 46.6 Å². The Morgan fingerprint density at radius 1 is 0.532 bits per heavy atom. The van der Waals surface area contributed by atoms with Crippen molar-refractivity contribution in [2.24, 2.45) is 28.0 Å². The molecule has 0 fully saturated rings. The first-order valence-electron chi connectivity index (χ1n) is 23.3. The van der Waals surface area contributed by atoms with Gasteiger partial charge in [-0.05, 0) is 61.6 Å². The summed E-state index contributed by atoms with van der Waals surface area (Å²) in [4.78, 5) is 57.9. The topological polar surface area (TPSA) is 124 Å². The molecule has 0 spiro atoms. The first-order chi connectivity index (χ1) is 30.0. The summed E-state index contributed by atoms with van der Waals surface area (Å²) in [7, 11) is 0. The van der Waals surface area contributed by atoms with E-state index in [1.807, 2.05) is 6.92 Å². The quantitative estimate of drug-likeness (QED) is 0.0757. The van der Waals surface area contributed by atoms with E-state index in [-0.39, 0.29) is 39.3 Å². The van der Waals surface area contributed by atoms with Gasteiger partial charge in [-0.3, -0.25) is 19.2 Å². The molecule has 0 aliphatic carbocycles. The van der Waals surface area contributed by atoms with Crippen LogP contribution in [0.1, 0.15) is 162 Å². The molecule has 2 aromatic carbocycles. The number of amides is 4. The first-order valence-corrected chi connectivity index (χ1v) is 24.9. The third kappa shape index (κ3) is 15.2. The van der Waals surface area contributed by atoms with E-state index in [0.29, 0.717) is 29.6 Å². The lowest BCUT2D eigenvalue weighted by atomic mass is 9.73. The molecule has 342 valence electrons. The van der Waals surface area contributed by atoms with Crippen LogP contribution >= 0.6 is 46.4 Å². The van der Waals surface area contributed by atoms with E-state index in [9.17, 15) is 19.2 Å². The molecule has 14 heteroatoms. The Kier molecular flexibility index (Phi) is 23.1. The molecular weight excluding hydrogens is 866 g/mol. The molecule has 2 atom stereocenters. The maximum atomic E-state index is 14.8. The molecule has 0 radical (unpaired) electrons. The van der Waals surface area contributed by atoms with Crippen LogP contribution in [-0.2, 0) is 19.2 Å². The van der Waals surface area contributed by atoms with Crippen LogP contribution in [0.3, 0.4) is 0 Å². The third-order valence-corrected chi connectivity index (χ3v) is 12.9. The van der Waals surface area contributed by atoms with Crippen molar-refractivity contribution < 1.29 is 19.2 Å². The molecule has 2 aliphatic rings. The fourth-order valence-electron chi connectivity index (χ4n) is 8.39. The van der Waals surface area contributed by atoms with Gasteiger partial charge >= 0.3 is 0 Å². The predicted octanol–water partition coefficient (Wildman–Crippen LogP) is 13.1. The zero-order chi connectivity index (χ0) is 44.9. The number of nitrogens with one attached hydrogen (secondary N) is 2. The van der Waals surface area contributed by atoms with Crippen LogP contribution in [0.25, 0.3) is 0 Å². The first kappa shape index (κ1) is 51.5. The highest BCUT2D eigenvalue weighted by Crippen LogP contribution is 2.42. The number of halogens is 4. The minimum absolute atomic E-state index is 0.0614. The molecule has 0 saturated carbocycles. The number of benzene rings is 2. The second kappa shape index (κ2) is 27.9. The van der Waals surface area contributed by atoms with Crippen LogP contribution in [-0.4, -0.2) is 48.1 Å². The maximum Gasteiger partial charge on any atom is 0.268 e. The fourth-order valence-corrected chi connectivity index (χ4v) is 9.12. The van der Waals surface area contributed by atoms with Gasteiger partial charge in [0.15, 0.2) is 0 Å². The summed E-state index contributed by atoms with van der Waals surface area (Å²) < 4.78 is 0. The Labute approximate surface area is 390 Å². The number of nitrogens with zero attached hydrogens (tertiary/aromatic N) is 4. The Balaban J connectivity index is 1.56. The van der Waals surface area contributed by atoms with Crippen LogP contribution in [0.2, 0.25) is 20.1 Å². The van der Waals surface area contributed by atoms with E-state index >= 15 is 0 Å². The van der Waals surface area contributed by atoms with Gasteiger partial charge in [0.1, 0.15) is 11.4 Å². The number of hydrogen-bond donors (Lipinski definition) is 2. The minimum Gasteiger partial charge on any atom is -0.351 e. The summed E-state index contributed by atoms with van der Waals surface area (Å²) in [5.74, 6) is -5.50. The smallest absolute Gasteiger partial charge is 0.268 e. The summed E-state index contributed by atoms with van der Waals surface area (Å²) in [6.07, 6.45) is 23.8. The molecule has 2 aromatic rings. The standard InChI is InChI=1S/C48H68Cl4N6O4/c1-4-7-9-11-13-15-17-19-21-23-30-53-45(59)43-41(47(61)57(55-43)39-32-34(49)26-28-37(39)51)36(25-6-3)42-44(56-58(48(42)62)40-33-35(50)27-29-38(40)52)46(60)54-31-24-22-20-18-16-14-12-10-8-5-2/h26-29,32-33,36,41-42H,4-25,30-31H2,1-3H3,(H,53,59)(H,54,60). The van der Waals surface area contributed by atoms with E-state index < -0.39 is 41.4 Å². The van der Waals surface area contributed by atoms with Gasteiger partial charge in [0, 0.05) is 23.1 Å². The number of carbonyl (C=O) groups is 4. The zero-order valence-corrected chi connectivity index (χ0v) is 40.1. The lowest BCUT2D eigenvalue weighted by molar-refractivity contribution is -0.126. The van der Waals surface area contributed by atoms with E-state index in [4.69, 9.17) is 46.4 Å². The van der Waals surface area contributed by atoms with Gasteiger partial charge in [-0.2, -0.15) is 20.2 Å². The Morgan fingerprint density at radius 2 is 0.871 bits per heavy atom. The highest BCUT2D eigenvalue weighted by molar-refractivity contribution is 6.49. The fraction of sp³-hybridized carbons (Fsp3) is 0.625. The highest BCUT2D eigenvalue weighted by Gasteiger charge is 2.54. The summed E-state index contributed by atoms with van der Waals surface area (Å²) in [5, 5.41) is 18.5. The number of carbonyl (C=O) groups excluding carboxylic acids is 4. The second-order valence-electron chi connectivity index (χ2n) is 16.7. The maximum absolute atomic E-state index is 14.8. The summed E-state index contributed by atoms with van der Waals surface area (Å²) >= 11 is 26.0. The molecule has 10 nitrogen and oxygen atoms in total. The summed E-state index contributed by atoms with van der Waals surface area (Å²) in [5.41, 5.74) is 0.285. The van der Waals surface area contributed by atoms with Gasteiger partial charge in [-0.1, -0.05) is 189 Å². The lowest BCUT2D eigenvalue weighted by Crippen LogP contribution is -2.48. The van der Waals surface area contributed by atoms with Crippen LogP contribution in [0.4, 0.5) is 11.4 Å². The molecule has 2 unspecified atom stereocenters. The van der Waals surface area contributed by atoms with E-state index in [2.05, 4.69) is 34.7 Å². The molecule has 0 bridgehead atoms.